The number of alkyl halides is 1. The number of nitrogens with zero attached hydrogens (tertiary/aromatic N) is 1. The summed E-state index contributed by atoms with van der Waals surface area (Å²) in [5.74, 6) is -1.97. The van der Waals surface area contributed by atoms with Gasteiger partial charge in [0.15, 0.2) is 4.21 Å². The summed E-state index contributed by atoms with van der Waals surface area (Å²) in [6.45, 7) is -0.507. The number of hydrogen-bond donors (Lipinski definition) is 0. The lowest BCUT2D eigenvalue weighted by atomic mass is 9.97. The monoisotopic (exact) mass is 469 g/mol. The molecule has 1 unspecified atom stereocenters. The standard InChI is InChI=1S/C21H12Cl2F3NO2S/c22-16-10-14(8-9-17(16)25)30(28,29)21(23)11-27-20-15(2-1-3-18(20)26)19(21)12-4-6-13(24)7-5-12/h1-10H,11H2. The van der Waals surface area contributed by atoms with Crippen LogP contribution in [0.5, 0.6) is 0 Å². The molecular weight excluding hydrogens is 458 g/mol. The fourth-order valence-electron chi connectivity index (χ4n) is 3.38. The van der Waals surface area contributed by atoms with Crippen LogP contribution in [0.15, 0.2) is 70.6 Å². The number of sulfone groups is 1. The van der Waals surface area contributed by atoms with Gasteiger partial charge >= 0.3 is 0 Å². The minimum absolute atomic E-state index is 0.0413. The number of fused-ring (bicyclic) bond motifs is 1. The normalized spacial score (nSPS) is 18.6. The third-order valence-corrected chi connectivity index (χ3v) is 8.10. The van der Waals surface area contributed by atoms with Crippen LogP contribution >= 0.6 is 23.2 Å². The van der Waals surface area contributed by atoms with E-state index in [9.17, 15) is 21.6 Å². The van der Waals surface area contributed by atoms with Crippen LogP contribution < -0.4 is 10.6 Å². The topological polar surface area (TPSA) is 46.5 Å². The first-order valence-corrected chi connectivity index (χ1v) is 10.9. The van der Waals surface area contributed by atoms with Crippen molar-refractivity contribution in [1.29, 1.82) is 0 Å². The molecule has 0 N–H and O–H groups in total. The van der Waals surface area contributed by atoms with E-state index in [-0.39, 0.29) is 31.6 Å². The van der Waals surface area contributed by atoms with Gasteiger partial charge in [0.1, 0.15) is 22.8 Å². The van der Waals surface area contributed by atoms with E-state index in [1.165, 1.54) is 30.3 Å². The number of hydrogen-bond acceptors (Lipinski definition) is 3. The number of benzene rings is 3. The molecule has 3 aromatic carbocycles. The lowest BCUT2D eigenvalue weighted by molar-refractivity contribution is 0.577. The van der Waals surface area contributed by atoms with Gasteiger partial charge in [0.2, 0.25) is 9.84 Å². The van der Waals surface area contributed by atoms with E-state index in [0.717, 1.165) is 30.3 Å². The van der Waals surface area contributed by atoms with Gasteiger partial charge in [-0.15, -0.1) is 0 Å². The summed E-state index contributed by atoms with van der Waals surface area (Å²) < 4.78 is 66.4. The second kappa shape index (κ2) is 7.41. The quantitative estimate of drug-likeness (QED) is 0.429. The number of rotatable bonds is 3. The summed E-state index contributed by atoms with van der Waals surface area (Å²) >= 11 is 12.5. The zero-order valence-corrected chi connectivity index (χ0v) is 17.4. The number of para-hydroxylation sites is 1. The minimum atomic E-state index is -4.40. The Bertz CT molecular complexity index is 1390. The Balaban J connectivity index is 2.07. The van der Waals surface area contributed by atoms with E-state index in [1.807, 2.05) is 0 Å². The molecule has 0 saturated carbocycles. The van der Waals surface area contributed by atoms with E-state index in [4.69, 9.17) is 23.2 Å². The predicted molar refractivity (Wildman–Crippen MR) is 108 cm³/mol. The van der Waals surface area contributed by atoms with Crippen LogP contribution in [-0.2, 0) is 9.84 Å². The first kappa shape index (κ1) is 20.9. The van der Waals surface area contributed by atoms with Gasteiger partial charge in [-0.3, -0.25) is 4.99 Å². The molecule has 0 bridgehead atoms. The van der Waals surface area contributed by atoms with Gasteiger partial charge in [-0.25, -0.2) is 21.6 Å². The van der Waals surface area contributed by atoms with E-state index in [1.54, 1.807) is 0 Å². The Labute approximate surface area is 180 Å². The van der Waals surface area contributed by atoms with Gasteiger partial charge in [0.25, 0.3) is 0 Å². The minimum Gasteiger partial charge on any atom is -0.278 e. The van der Waals surface area contributed by atoms with Crippen molar-refractivity contribution in [1.82, 2.24) is 0 Å². The summed E-state index contributed by atoms with van der Waals surface area (Å²) in [5, 5.41) is -0.265. The summed E-state index contributed by atoms with van der Waals surface area (Å²) in [6, 6.07) is 12.0. The van der Waals surface area contributed by atoms with Crippen LogP contribution in [0, 0.1) is 17.5 Å². The van der Waals surface area contributed by atoms with E-state index < -0.39 is 38.0 Å². The second-order valence-corrected chi connectivity index (χ2v) is 10.1. The smallest absolute Gasteiger partial charge is 0.204 e. The molecule has 1 aliphatic rings. The van der Waals surface area contributed by atoms with Gasteiger partial charge in [-0.1, -0.05) is 47.5 Å². The molecule has 0 aliphatic carbocycles. The van der Waals surface area contributed by atoms with Crippen LogP contribution in [-0.4, -0.2) is 19.2 Å². The van der Waals surface area contributed by atoms with Crippen LogP contribution in [0.2, 0.25) is 5.02 Å². The molecule has 0 fully saturated rings. The fourth-order valence-corrected chi connectivity index (χ4v) is 5.78. The Morgan fingerprint density at radius 2 is 1.63 bits per heavy atom. The maximum Gasteiger partial charge on any atom is 0.204 e. The first-order valence-electron chi connectivity index (χ1n) is 8.63. The number of halogens is 5. The van der Waals surface area contributed by atoms with Gasteiger partial charge in [0, 0.05) is 10.8 Å². The van der Waals surface area contributed by atoms with E-state index >= 15 is 0 Å². The van der Waals surface area contributed by atoms with Crippen LogP contribution in [0.1, 0.15) is 5.56 Å². The Kier molecular flexibility index (Phi) is 5.16. The highest BCUT2D eigenvalue weighted by Crippen LogP contribution is 2.42. The molecule has 9 heteroatoms. The van der Waals surface area contributed by atoms with Gasteiger partial charge in [-0.05, 0) is 42.0 Å². The van der Waals surface area contributed by atoms with Crippen LogP contribution in [0.25, 0.3) is 5.57 Å². The molecule has 154 valence electrons. The third kappa shape index (κ3) is 3.21. The Morgan fingerprint density at radius 1 is 0.933 bits per heavy atom. The van der Waals surface area contributed by atoms with Crippen molar-refractivity contribution in [2.45, 2.75) is 9.10 Å². The lowest BCUT2D eigenvalue weighted by Gasteiger charge is -2.31. The molecular formula is C21H12Cl2F3NO2S. The molecule has 1 atom stereocenters. The van der Waals surface area contributed by atoms with Crippen molar-refractivity contribution < 1.29 is 21.6 Å². The molecule has 30 heavy (non-hydrogen) atoms. The van der Waals surface area contributed by atoms with Crippen molar-refractivity contribution in [3.8, 4) is 0 Å². The average Bonchev–Trinajstić information content (AvgIpc) is 2.71. The molecule has 1 aliphatic heterocycles. The molecule has 3 nitrogen and oxygen atoms in total. The molecule has 3 aromatic rings. The SMILES string of the molecule is O=S(=O)(c1ccc(F)c(Cl)c1)C1(Cl)CN=c2c(F)cccc2=C1c1ccc(F)cc1. The van der Waals surface area contributed by atoms with Crippen molar-refractivity contribution in [3.63, 3.8) is 0 Å². The van der Waals surface area contributed by atoms with Crippen molar-refractivity contribution in [2.75, 3.05) is 6.54 Å². The summed E-state index contributed by atoms with van der Waals surface area (Å²) in [5.41, 5.74) is 0.332. The molecule has 0 spiro atoms. The molecule has 0 amide bonds. The van der Waals surface area contributed by atoms with Crippen molar-refractivity contribution in [2.24, 2.45) is 4.99 Å². The molecule has 1 heterocycles. The Hall–Kier alpha value is -2.35. The largest absolute Gasteiger partial charge is 0.278 e. The maximum absolute atomic E-state index is 14.4. The van der Waals surface area contributed by atoms with Crippen LogP contribution in [0.3, 0.4) is 0 Å². The average molecular weight is 470 g/mol. The fraction of sp³-hybridized carbons (Fsp3) is 0.0952. The van der Waals surface area contributed by atoms with E-state index in [0.29, 0.717) is 0 Å². The second-order valence-electron chi connectivity index (χ2n) is 6.64. The third-order valence-electron chi connectivity index (χ3n) is 4.83. The van der Waals surface area contributed by atoms with Gasteiger partial charge in [0.05, 0.1) is 16.5 Å². The highest BCUT2D eigenvalue weighted by Gasteiger charge is 2.48. The van der Waals surface area contributed by atoms with Crippen molar-refractivity contribution >= 4 is 38.6 Å². The molecule has 0 radical (unpaired) electrons. The zero-order chi connectivity index (χ0) is 21.7. The summed E-state index contributed by atoms with van der Waals surface area (Å²) in [4.78, 5) is 3.76. The zero-order valence-electron chi connectivity index (χ0n) is 15.0. The van der Waals surface area contributed by atoms with E-state index in [2.05, 4.69) is 4.99 Å². The highest BCUT2D eigenvalue weighted by atomic mass is 35.5. The molecule has 4 rings (SSSR count). The maximum atomic E-state index is 14.4. The molecule has 0 saturated heterocycles. The summed E-state index contributed by atoms with van der Waals surface area (Å²) in [7, 11) is -4.40. The lowest BCUT2D eigenvalue weighted by Crippen LogP contribution is -2.48. The van der Waals surface area contributed by atoms with Crippen molar-refractivity contribution in [3.05, 3.63) is 99.3 Å². The van der Waals surface area contributed by atoms with Gasteiger partial charge < -0.3 is 0 Å². The molecule has 0 aromatic heterocycles. The summed E-state index contributed by atoms with van der Waals surface area (Å²) in [6.07, 6.45) is 0. The van der Waals surface area contributed by atoms with Gasteiger partial charge in [-0.2, -0.15) is 0 Å². The predicted octanol–water partition coefficient (Wildman–Crippen LogP) is 4.00. The van der Waals surface area contributed by atoms with Crippen LogP contribution in [0.4, 0.5) is 13.2 Å². The highest BCUT2D eigenvalue weighted by molar-refractivity contribution is 7.94. The Morgan fingerprint density at radius 3 is 2.30 bits per heavy atom. The first-order chi connectivity index (χ1) is 14.1.